The molecule has 1 aliphatic rings. The zero-order valence-electron chi connectivity index (χ0n) is 21.0. The summed E-state index contributed by atoms with van der Waals surface area (Å²) < 4.78 is 8.53. The van der Waals surface area contributed by atoms with Gasteiger partial charge in [0, 0.05) is 23.4 Å². The van der Waals surface area contributed by atoms with E-state index in [1.54, 1.807) is 0 Å². The molecule has 0 atom stereocenters. The van der Waals surface area contributed by atoms with Gasteiger partial charge in [0.25, 0.3) is 0 Å². The van der Waals surface area contributed by atoms with Crippen molar-refractivity contribution in [2.45, 2.75) is 18.9 Å². The molecule has 1 aliphatic heterocycles. The highest BCUT2D eigenvalue weighted by atomic mass is 16.5. The predicted octanol–water partition coefficient (Wildman–Crippen LogP) is 7.64. The quantitative estimate of drug-likeness (QED) is 0.266. The van der Waals surface area contributed by atoms with Gasteiger partial charge in [0.05, 0.1) is 0 Å². The van der Waals surface area contributed by atoms with Crippen LogP contribution in [0.2, 0.25) is 0 Å². The fourth-order valence-electron chi connectivity index (χ4n) is 5.52. The third-order valence-electron chi connectivity index (χ3n) is 7.38. The lowest BCUT2D eigenvalue weighted by atomic mass is 10.0. The van der Waals surface area contributed by atoms with Crippen LogP contribution in [0.15, 0.2) is 109 Å². The minimum absolute atomic E-state index is 0.328. The third-order valence-corrected chi connectivity index (χ3v) is 7.38. The van der Waals surface area contributed by atoms with Crippen molar-refractivity contribution in [3.05, 3.63) is 109 Å². The molecule has 38 heavy (non-hydrogen) atoms. The van der Waals surface area contributed by atoms with Crippen LogP contribution in [0.3, 0.4) is 0 Å². The average molecular weight is 497 g/mol. The SMILES string of the molecule is c1ccc(Oc2cccc(-c3nc4c(-c5ccc6ccccc6c5)ccnc4n3C3CCNCC3)c2)cc1. The van der Waals surface area contributed by atoms with Crippen LogP contribution < -0.4 is 10.1 Å². The van der Waals surface area contributed by atoms with E-state index in [1.165, 1.54) is 10.8 Å². The molecule has 0 bridgehead atoms. The molecule has 5 heteroatoms. The van der Waals surface area contributed by atoms with Crippen molar-refractivity contribution in [3.63, 3.8) is 0 Å². The molecule has 0 unspecified atom stereocenters. The van der Waals surface area contributed by atoms with Gasteiger partial charge in [0.1, 0.15) is 22.8 Å². The maximum atomic E-state index is 6.17. The van der Waals surface area contributed by atoms with Crippen LogP contribution in [0.4, 0.5) is 0 Å². The first-order valence-electron chi connectivity index (χ1n) is 13.2. The zero-order chi connectivity index (χ0) is 25.3. The maximum Gasteiger partial charge on any atom is 0.161 e. The molecule has 5 nitrogen and oxygen atoms in total. The summed E-state index contributed by atoms with van der Waals surface area (Å²) in [6, 6.07) is 35.6. The molecule has 0 radical (unpaired) electrons. The van der Waals surface area contributed by atoms with E-state index in [-0.39, 0.29) is 0 Å². The van der Waals surface area contributed by atoms with Crippen LogP contribution in [0.5, 0.6) is 11.5 Å². The summed E-state index contributed by atoms with van der Waals surface area (Å²) in [7, 11) is 0. The van der Waals surface area contributed by atoms with E-state index in [9.17, 15) is 0 Å². The highest BCUT2D eigenvalue weighted by molar-refractivity contribution is 5.95. The number of nitrogens with zero attached hydrogens (tertiary/aromatic N) is 3. The molecule has 0 spiro atoms. The van der Waals surface area contributed by atoms with Crippen LogP contribution in [-0.2, 0) is 0 Å². The van der Waals surface area contributed by atoms with E-state index >= 15 is 0 Å². The van der Waals surface area contributed by atoms with Gasteiger partial charge in [0.2, 0.25) is 0 Å². The Bertz CT molecular complexity index is 1740. The summed E-state index contributed by atoms with van der Waals surface area (Å²) in [5.41, 5.74) is 5.15. The van der Waals surface area contributed by atoms with Gasteiger partial charge >= 0.3 is 0 Å². The Balaban J connectivity index is 1.39. The van der Waals surface area contributed by atoms with Crippen molar-refractivity contribution < 1.29 is 4.74 Å². The molecule has 1 fully saturated rings. The van der Waals surface area contributed by atoms with Crippen LogP contribution in [-0.4, -0.2) is 27.6 Å². The Labute approximate surface area is 221 Å². The van der Waals surface area contributed by atoms with Crippen molar-refractivity contribution in [3.8, 4) is 34.0 Å². The van der Waals surface area contributed by atoms with Gasteiger partial charge in [-0.05, 0) is 78.7 Å². The summed E-state index contributed by atoms with van der Waals surface area (Å²) in [5.74, 6) is 2.54. The Hall–Kier alpha value is -4.48. The number of pyridine rings is 1. The van der Waals surface area contributed by atoms with E-state index in [0.29, 0.717) is 6.04 Å². The van der Waals surface area contributed by atoms with Gasteiger partial charge in [-0.25, -0.2) is 9.97 Å². The normalized spacial score (nSPS) is 14.2. The summed E-state index contributed by atoms with van der Waals surface area (Å²) >= 11 is 0. The van der Waals surface area contributed by atoms with E-state index in [4.69, 9.17) is 14.7 Å². The molecule has 3 heterocycles. The summed E-state index contributed by atoms with van der Waals surface area (Å²) in [6.45, 7) is 1.98. The lowest BCUT2D eigenvalue weighted by Crippen LogP contribution is -2.29. The topological polar surface area (TPSA) is 52.0 Å². The highest BCUT2D eigenvalue weighted by Crippen LogP contribution is 2.37. The smallest absolute Gasteiger partial charge is 0.161 e. The van der Waals surface area contributed by atoms with Gasteiger partial charge in [-0.1, -0.05) is 66.7 Å². The first-order chi connectivity index (χ1) is 18.8. The van der Waals surface area contributed by atoms with E-state index in [0.717, 1.165) is 71.1 Å². The molecule has 6 aromatic rings. The number of aromatic nitrogens is 3. The number of fused-ring (bicyclic) bond motifs is 2. The van der Waals surface area contributed by atoms with E-state index in [1.807, 2.05) is 48.7 Å². The molecule has 0 amide bonds. The number of piperidine rings is 1. The van der Waals surface area contributed by atoms with Crippen LogP contribution in [0, 0.1) is 0 Å². The number of rotatable bonds is 5. The number of hydrogen-bond donors (Lipinski definition) is 1. The molecule has 7 rings (SSSR count). The zero-order valence-corrected chi connectivity index (χ0v) is 21.0. The van der Waals surface area contributed by atoms with Crippen LogP contribution in [0.25, 0.3) is 44.5 Å². The number of imidazole rings is 1. The minimum atomic E-state index is 0.328. The Morgan fingerprint density at radius 1 is 0.711 bits per heavy atom. The maximum absolute atomic E-state index is 6.17. The first kappa shape index (κ1) is 22.7. The van der Waals surface area contributed by atoms with Gasteiger partial charge in [0.15, 0.2) is 5.65 Å². The summed E-state index contributed by atoms with van der Waals surface area (Å²) in [6.07, 6.45) is 4.01. The molecule has 186 valence electrons. The molecule has 1 saturated heterocycles. The van der Waals surface area contributed by atoms with Crippen molar-refractivity contribution in [2.24, 2.45) is 0 Å². The molecule has 0 saturated carbocycles. The molecular formula is C33H28N4O. The van der Waals surface area contributed by atoms with Crippen molar-refractivity contribution in [1.82, 2.24) is 19.9 Å². The number of nitrogens with one attached hydrogen (secondary N) is 1. The second-order valence-corrected chi connectivity index (χ2v) is 9.82. The van der Waals surface area contributed by atoms with Gasteiger partial charge in [-0.3, -0.25) is 0 Å². The monoisotopic (exact) mass is 496 g/mol. The van der Waals surface area contributed by atoms with Crippen LogP contribution >= 0.6 is 0 Å². The van der Waals surface area contributed by atoms with Crippen molar-refractivity contribution in [1.29, 1.82) is 0 Å². The van der Waals surface area contributed by atoms with Gasteiger partial charge in [-0.2, -0.15) is 0 Å². The van der Waals surface area contributed by atoms with Gasteiger partial charge in [-0.15, -0.1) is 0 Å². The Morgan fingerprint density at radius 2 is 1.50 bits per heavy atom. The number of hydrogen-bond acceptors (Lipinski definition) is 4. The lowest BCUT2D eigenvalue weighted by molar-refractivity contribution is 0.376. The van der Waals surface area contributed by atoms with Crippen molar-refractivity contribution >= 4 is 21.9 Å². The lowest BCUT2D eigenvalue weighted by Gasteiger charge is -2.26. The predicted molar refractivity (Wildman–Crippen MR) is 154 cm³/mol. The van der Waals surface area contributed by atoms with E-state index in [2.05, 4.69) is 70.5 Å². The Kier molecular flexibility index (Phi) is 5.83. The number of ether oxygens (including phenoxy) is 1. The second-order valence-electron chi connectivity index (χ2n) is 9.82. The number of para-hydroxylation sites is 1. The fraction of sp³-hybridized carbons (Fsp3) is 0.152. The molecular weight excluding hydrogens is 468 g/mol. The summed E-state index contributed by atoms with van der Waals surface area (Å²) in [5, 5.41) is 5.96. The molecule has 2 aromatic heterocycles. The minimum Gasteiger partial charge on any atom is -0.457 e. The molecule has 4 aromatic carbocycles. The number of benzene rings is 4. The Morgan fingerprint density at radius 3 is 2.37 bits per heavy atom. The largest absolute Gasteiger partial charge is 0.457 e. The standard InChI is InChI=1S/C33H28N4O/c1-2-10-28(11-3-1)38-29-12-6-9-26(22-29)32-36-31-30(25-14-13-23-7-4-5-8-24(23)21-25)17-20-35-33(31)37(32)27-15-18-34-19-16-27/h1-14,17,20-22,27,34H,15-16,18-19H2. The fourth-order valence-corrected chi connectivity index (χ4v) is 5.52. The highest BCUT2D eigenvalue weighted by Gasteiger charge is 2.24. The first-order valence-corrected chi connectivity index (χ1v) is 13.2. The molecule has 1 N–H and O–H groups in total. The second kappa shape index (κ2) is 9.77. The summed E-state index contributed by atoms with van der Waals surface area (Å²) in [4.78, 5) is 10.2. The van der Waals surface area contributed by atoms with Gasteiger partial charge < -0.3 is 14.6 Å². The van der Waals surface area contributed by atoms with E-state index < -0.39 is 0 Å². The third kappa shape index (κ3) is 4.21. The average Bonchev–Trinajstić information content (AvgIpc) is 3.38. The van der Waals surface area contributed by atoms with Crippen LogP contribution in [0.1, 0.15) is 18.9 Å². The van der Waals surface area contributed by atoms with Crippen molar-refractivity contribution in [2.75, 3.05) is 13.1 Å². The molecule has 0 aliphatic carbocycles.